The van der Waals surface area contributed by atoms with Gasteiger partial charge in [0, 0.05) is 23.8 Å². The fourth-order valence-corrected chi connectivity index (χ4v) is 4.84. The lowest BCUT2D eigenvalue weighted by atomic mass is 9.91. The molecule has 0 spiro atoms. The van der Waals surface area contributed by atoms with Gasteiger partial charge in [0.1, 0.15) is 0 Å². The van der Waals surface area contributed by atoms with Crippen LogP contribution in [0, 0.1) is 0 Å². The number of carboxylic acid groups (broad SMARTS) is 1. The van der Waals surface area contributed by atoms with Gasteiger partial charge in [0.2, 0.25) is 0 Å². The van der Waals surface area contributed by atoms with Crippen LogP contribution in [0.4, 0.5) is 18.9 Å². The number of carboxylic acids is 1. The number of alkyl halides is 3. The molecule has 202 valence electrons. The van der Waals surface area contributed by atoms with Gasteiger partial charge in [-0.1, -0.05) is 78.9 Å². The average molecular weight is 541 g/mol. The predicted molar refractivity (Wildman–Crippen MR) is 151 cm³/mol. The molecule has 5 aromatic rings. The standard InChI is InChI=1S/C33H27F3N2O2/c1-21(32(39)40)24-15-13-23(14-16-24)19-37-27-10-5-9-25(18-27)30-26(17-22-7-3-2-4-8-22)20-38-31-28(30)11-6-12-29(31)33(34,35)36/h2-16,18,20-21,37H,17,19H2,1H3,(H,39,40). The molecule has 7 heteroatoms. The van der Waals surface area contributed by atoms with E-state index in [-0.39, 0.29) is 5.52 Å². The Labute approximate surface area is 230 Å². The van der Waals surface area contributed by atoms with Gasteiger partial charge in [0.15, 0.2) is 0 Å². The molecule has 0 amide bonds. The summed E-state index contributed by atoms with van der Waals surface area (Å²) < 4.78 is 41.6. The number of fused-ring (bicyclic) bond motifs is 1. The summed E-state index contributed by atoms with van der Waals surface area (Å²) in [5.74, 6) is -1.46. The van der Waals surface area contributed by atoms with E-state index >= 15 is 0 Å². The molecule has 4 aromatic carbocycles. The summed E-state index contributed by atoms with van der Waals surface area (Å²) in [6, 6.07) is 29.0. The Morgan fingerprint density at radius 2 is 1.62 bits per heavy atom. The number of halogens is 3. The fraction of sp³-hybridized carbons (Fsp3) is 0.152. The first-order chi connectivity index (χ1) is 19.2. The van der Waals surface area contributed by atoms with Gasteiger partial charge in [0.05, 0.1) is 17.0 Å². The third kappa shape index (κ3) is 5.83. The fourth-order valence-electron chi connectivity index (χ4n) is 4.84. The molecule has 40 heavy (non-hydrogen) atoms. The van der Waals surface area contributed by atoms with Gasteiger partial charge < -0.3 is 10.4 Å². The highest BCUT2D eigenvalue weighted by Gasteiger charge is 2.33. The van der Waals surface area contributed by atoms with Crippen LogP contribution < -0.4 is 5.32 Å². The molecular weight excluding hydrogens is 513 g/mol. The van der Waals surface area contributed by atoms with Crippen LogP contribution in [0.1, 0.15) is 40.7 Å². The number of carbonyl (C=O) groups is 1. The quantitative estimate of drug-likeness (QED) is 0.208. The van der Waals surface area contributed by atoms with E-state index < -0.39 is 23.6 Å². The molecule has 1 heterocycles. The molecule has 0 radical (unpaired) electrons. The Kier molecular flexibility index (Phi) is 7.56. The highest BCUT2D eigenvalue weighted by Crippen LogP contribution is 2.39. The lowest BCUT2D eigenvalue weighted by molar-refractivity contribution is -0.138. The first kappa shape index (κ1) is 26.9. The molecule has 0 saturated carbocycles. The van der Waals surface area contributed by atoms with Gasteiger partial charge in [-0.05, 0) is 64.9 Å². The molecule has 0 aliphatic rings. The number of hydrogen-bond acceptors (Lipinski definition) is 3. The zero-order valence-electron chi connectivity index (χ0n) is 21.7. The van der Waals surface area contributed by atoms with E-state index in [9.17, 15) is 23.1 Å². The Morgan fingerprint density at radius 3 is 2.33 bits per heavy atom. The number of nitrogens with one attached hydrogen (secondary N) is 1. The van der Waals surface area contributed by atoms with E-state index in [1.165, 1.54) is 6.07 Å². The molecule has 0 saturated heterocycles. The van der Waals surface area contributed by atoms with Crippen molar-refractivity contribution >= 4 is 22.6 Å². The molecule has 0 fully saturated rings. The Hall–Kier alpha value is -4.65. The molecule has 5 rings (SSSR count). The lowest BCUT2D eigenvalue weighted by Crippen LogP contribution is -2.08. The molecule has 0 aliphatic heterocycles. The Balaban J connectivity index is 1.51. The highest BCUT2D eigenvalue weighted by atomic mass is 19.4. The largest absolute Gasteiger partial charge is 0.481 e. The number of aromatic nitrogens is 1. The third-order valence-electron chi connectivity index (χ3n) is 7.02. The van der Waals surface area contributed by atoms with Gasteiger partial charge in [-0.2, -0.15) is 13.2 Å². The second-order valence-electron chi connectivity index (χ2n) is 9.76. The zero-order valence-corrected chi connectivity index (χ0v) is 21.7. The minimum atomic E-state index is -4.52. The summed E-state index contributed by atoms with van der Waals surface area (Å²) in [7, 11) is 0. The number of hydrogen-bond donors (Lipinski definition) is 2. The predicted octanol–water partition coefficient (Wildman–Crippen LogP) is 8.31. The van der Waals surface area contributed by atoms with Crippen molar-refractivity contribution in [1.82, 2.24) is 4.98 Å². The van der Waals surface area contributed by atoms with Crippen molar-refractivity contribution < 1.29 is 23.1 Å². The van der Waals surface area contributed by atoms with Crippen LogP contribution in [0.15, 0.2) is 103 Å². The van der Waals surface area contributed by atoms with Gasteiger partial charge in [-0.25, -0.2) is 0 Å². The molecule has 1 unspecified atom stereocenters. The number of anilines is 1. The van der Waals surface area contributed by atoms with E-state index in [1.54, 1.807) is 19.2 Å². The van der Waals surface area contributed by atoms with Crippen molar-refractivity contribution in [1.29, 1.82) is 0 Å². The SMILES string of the molecule is CC(C(=O)O)c1ccc(CNc2cccc(-c3c(Cc4ccccc4)cnc4c(C(F)(F)F)cccc34)c2)cc1. The van der Waals surface area contributed by atoms with Crippen LogP contribution in [-0.2, 0) is 23.9 Å². The molecule has 0 aliphatic carbocycles. The summed E-state index contributed by atoms with van der Waals surface area (Å²) in [5.41, 5.74) is 5.05. The van der Waals surface area contributed by atoms with E-state index in [0.717, 1.165) is 45.1 Å². The molecule has 1 atom stereocenters. The molecular formula is C33H27F3N2O2. The zero-order chi connectivity index (χ0) is 28.3. The van der Waals surface area contributed by atoms with Crippen molar-refractivity contribution in [3.63, 3.8) is 0 Å². The molecule has 1 aromatic heterocycles. The normalized spacial score (nSPS) is 12.3. The van der Waals surface area contributed by atoms with Crippen molar-refractivity contribution in [2.75, 3.05) is 5.32 Å². The van der Waals surface area contributed by atoms with Gasteiger partial charge in [-0.15, -0.1) is 0 Å². The number of para-hydroxylation sites is 1. The van der Waals surface area contributed by atoms with Gasteiger partial charge in [-0.3, -0.25) is 9.78 Å². The second kappa shape index (κ2) is 11.2. The molecule has 4 nitrogen and oxygen atoms in total. The summed E-state index contributed by atoms with van der Waals surface area (Å²) in [5, 5.41) is 13.1. The summed E-state index contributed by atoms with van der Waals surface area (Å²) >= 11 is 0. The number of rotatable bonds is 8. The maximum atomic E-state index is 13.9. The maximum Gasteiger partial charge on any atom is 0.418 e. The number of benzene rings is 4. The van der Waals surface area contributed by atoms with Crippen LogP contribution in [-0.4, -0.2) is 16.1 Å². The van der Waals surface area contributed by atoms with Crippen LogP contribution in [0.25, 0.3) is 22.0 Å². The van der Waals surface area contributed by atoms with E-state index in [4.69, 9.17) is 0 Å². The second-order valence-corrected chi connectivity index (χ2v) is 9.76. The highest BCUT2D eigenvalue weighted by molar-refractivity contribution is 5.98. The average Bonchev–Trinajstić information content (AvgIpc) is 2.95. The first-order valence-corrected chi connectivity index (χ1v) is 12.9. The summed E-state index contributed by atoms with van der Waals surface area (Å²) in [4.78, 5) is 15.5. The molecule has 2 N–H and O–H groups in total. The lowest BCUT2D eigenvalue weighted by Gasteiger charge is -2.17. The van der Waals surface area contributed by atoms with Gasteiger partial charge in [0.25, 0.3) is 0 Å². The Morgan fingerprint density at radius 1 is 0.900 bits per heavy atom. The van der Waals surface area contributed by atoms with Crippen molar-refractivity contribution in [3.8, 4) is 11.1 Å². The maximum absolute atomic E-state index is 13.9. The first-order valence-electron chi connectivity index (χ1n) is 12.9. The Bertz CT molecular complexity index is 1650. The minimum absolute atomic E-state index is 0.0733. The van der Waals surface area contributed by atoms with E-state index in [1.807, 2.05) is 78.9 Å². The topological polar surface area (TPSA) is 62.2 Å². The minimum Gasteiger partial charge on any atom is -0.481 e. The van der Waals surface area contributed by atoms with Gasteiger partial charge >= 0.3 is 12.1 Å². The van der Waals surface area contributed by atoms with Crippen molar-refractivity contribution in [3.05, 3.63) is 131 Å². The van der Waals surface area contributed by atoms with Crippen LogP contribution >= 0.6 is 0 Å². The molecule has 0 bridgehead atoms. The number of nitrogens with zero attached hydrogens (tertiary/aromatic N) is 1. The summed E-state index contributed by atoms with van der Waals surface area (Å²) in [6.45, 7) is 2.14. The monoisotopic (exact) mass is 540 g/mol. The van der Waals surface area contributed by atoms with Crippen LogP contribution in [0.3, 0.4) is 0 Å². The number of pyridine rings is 1. The van der Waals surface area contributed by atoms with E-state index in [2.05, 4.69) is 10.3 Å². The third-order valence-corrected chi connectivity index (χ3v) is 7.02. The van der Waals surface area contributed by atoms with Crippen LogP contribution in [0.2, 0.25) is 0 Å². The smallest absolute Gasteiger partial charge is 0.418 e. The summed E-state index contributed by atoms with van der Waals surface area (Å²) in [6.07, 6.45) is -2.44. The van der Waals surface area contributed by atoms with Crippen molar-refractivity contribution in [2.45, 2.75) is 32.0 Å². The van der Waals surface area contributed by atoms with Crippen molar-refractivity contribution in [2.24, 2.45) is 0 Å². The van der Waals surface area contributed by atoms with E-state index in [0.29, 0.717) is 18.4 Å². The number of aliphatic carboxylic acids is 1. The van der Waals surface area contributed by atoms with Crippen LogP contribution in [0.5, 0.6) is 0 Å².